The van der Waals surface area contributed by atoms with Crippen molar-refractivity contribution in [2.75, 3.05) is 6.54 Å². The normalized spacial score (nSPS) is 27.7. The highest BCUT2D eigenvalue weighted by molar-refractivity contribution is 5.28. The number of benzene rings is 1. The molecule has 1 nitrogen and oxygen atoms in total. The molecule has 1 N–H and O–H groups in total. The maximum absolute atomic E-state index is 13.3. The van der Waals surface area contributed by atoms with Gasteiger partial charge in [0.2, 0.25) is 0 Å². The van der Waals surface area contributed by atoms with Crippen LogP contribution in [0, 0.1) is 18.7 Å². The lowest BCUT2D eigenvalue weighted by atomic mass is 9.88. The van der Waals surface area contributed by atoms with Gasteiger partial charge in [0.25, 0.3) is 0 Å². The molecule has 2 heteroatoms. The molecule has 2 rings (SSSR count). The highest BCUT2D eigenvalue weighted by Gasteiger charge is 2.33. The molecule has 0 spiro atoms. The van der Waals surface area contributed by atoms with Gasteiger partial charge in [0, 0.05) is 6.04 Å². The number of hydrogen-bond acceptors (Lipinski definition) is 1. The van der Waals surface area contributed by atoms with Gasteiger partial charge in [0.1, 0.15) is 5.82 Å². The van der Waals surface area contributed by atoms with E-state index >= 15 is 0 Å². The molecule has 0 bridgehead atoms. The zero-order valence-corrected chi connectivity index (χ0v) is 11.7. The van der Waals surface area contributed by atoms with Crippen LogP contribution in [0.4, 0.5) is 4.39 Å². The summed E-state index contributed by atoms with van der Waals surface area (Å²) in [5.74, 6) is 1.13. The number of hydrogen-bond donors (Lipinski definition) is 1. The third-order valence-corrected chi connectivity index (χ3v) is 4.32. The molecule has 1 fully saturated rings. The monoisotopic (exact) mass is 249 g/mol. The lowest BCUT2D eigenvalue weighted by Gasteiger charge is -2.22. The Morgan fingerprint density at radius 2 is 2.11 bits per heavy atom. The topological polar surface area (TPSA) is 12.0 Å². The average Bonchev–Trinajstić information content (AvgIpc) is 2.72. The van der Waals surface area contributed by atoms with Crippen molar-refractivity contribution in [1.29, 1.82) is 0 Å². The highest BCUT2D eigenvalue weighted by Crippen LogP contribution is 2.39. The molecule has 0 amide bonds. The molecule has 0 aliphatic heterocycles. The smallest absolute Gasteiger partial charge is 0.126 e. The molecule has 1 aliphatic carbocycles. The van der Waals surface area contributed by atoms with Gasteiger partial charge in [0.15, 0.2) is 0 Å². The number of halogens is 1. The van der Waals surface area contributed by atoms with Crippen molar-refractivity contribution in [3.05, 3.63) is 35.1 Å². The fourth-order valence-corrected chi connectivity index (χ4v) is 3.15. The van der Waals surface area contributed by atoms with Crippen molar-refractivity contribution in [2.45, 2.75) is 52.0 Å². The molecule has 1 aromatic rings. The summed E-state index contributed by atoms with van der Waals surface area (Å²) in [5.41, 5.74) is 2.08. The Morgan fingerprint density at radius 1 is 1.33 bits per heavy atom. The van der Waals surface area contributed by atoms with Crippen molar-refractivity contribution in [2.24, 2.45) is 5.92 Å². The molecule has 0 radical (unpaired) electrons. The molecule has 18 heavy (non-hydrogen) atoms. The Balaban J connectivity index is 2.08. The Morgan fingerprint density at radius 3 is 2.78 bits per heavy atom. The Bertz CT molecular complexity index is 402. The summed E-state index contributed by atoms with van der Waals surface area (Å²) in [4.78, 5) is 0. The van der Waals surface area contributed by atoms with Crippen LogP contribution in [-0.4, -0.2) is 12.6 Å². The predicted octanol–water partition coefficient (Wildman–Crippen LogP) is 4.02. The quantitative estimate of drug-likeness (QED) is 0.850. The van der Waals surface area contributed by atoms with Crippen LogP contribution in [-0.2, 0) is 0 Å². The summed E-state index contributed by atoms with van der Waals surface area (Å²) in [6.45, 7) is 7.48. The van der Waals surface area contributed by atoms with Crippen LogP contribution in [0.25, 0.3) is 0 Å². The van der Waals surface area contributed by atoms with Crippen LogP contribution in [0.1, 0.15) is 50.2 Å². The second-order valence-electron chi connectivity index (χ2n) is 5.61. The van der Waals surface area contributed by atoms with Crippen LogP contribution in [0.15, 0.2) is 18.2 Å². The molecule has 0 saturated heterocycles. The Kier molecular flexibility index (Phi) is 4.39. The Hall–Kier alpha value is -0.890. The molecule has 1 aromatic carbocycles. The predicted molar refractivity (Wildman–Crippen MR) is 74.4 cm³/mol. The molecule has 0 heterocycles. The van der Waals surface area contributed by atoms with E-state index in [1.165, 1.54) is 24.8 Å². The minimum absolute atomic E-state index is 0.0925. The zero-order chi connectivity index (χ0) is 13.1. The fourth-order valence-electron chi connectivity index (χ4n) is 3.15. The maximum Gasteiger partial charge on any atom is 0.126 e. The van der Waals surface area contributed by atoms with Crippen molar-refractivity contribution in [1.82, 2.24) is 5.32 Å². The molecule has 0 aromatic heterocycles. The van der Waals surface area contributed by atoms with Crippen molar-refractivity contribution < 1.29 is 4.39 Å². The first-order valence-corrected chi connectivity index (χ1v) is 7.13. The summed E-state index contributed by atoms with van der Waals surface area (Å²) >= 11 is 0. The van der Waals surface area contributed by atoms with Gasteiger partial charge in [-0.15, -0.1) is 0 Å². The fraction of sp³-hybridized carbons (Fsp3) is 0.625. The van der Waals surface area contributed by atoms with E-state index in [4.69, 9.17) is 0 Å². The summed E-state index contributed by atoms with van der Waals surface area (Å²) in [6, 6.07) is 6.23. The van der Waals surface area contributed by atoms with Gasteiger partial charge in [-0.2, -0.15) is 0 Å². The number of rotatable bonds is 4. The SMILES string of the molecule is CCCNC1CCC(c2ccc(F)c(C)c2)C1C. The van der Waals surface area contributed by atoms with Crippen LogP contribution in [0.5, 0.6) is 0 Å². The van der Waals surface area contributed by atoms with E-state index in [1.54, 1.807) is 6.07 Å². The van der Waals surface area contributed by atoms with Crippen molar-refractivity contribution in [3.63, 3.8) is 0 Å². The molecule has 3 atom stereocenters. The van der Waals surface area contributed by atoms with Gasteiger partial charge in [-0.25, -0.2) is 4.39 Å². The van der Waals surface area contributed by atoms with Gasteiger partial charge >= 0.3 is 0 Å². The standard InChI is InChI=1S/C16H24FN/c1-4-9-18-16-8-6-14(12(16)3)13-5-7-15(17)11(2)10-13/h5,7,10,12,14,16,18H,4,6,8-9H2,1-3H3. The van der Waals surface area contributed by atoms with E-state index in [2.05, 4.69) is 19.2 Å². The van der Waals surface area contributed by atoms with E-state index in [1.807, 2.05) is 19.1 Å². The molecule has 1 aliphatic rings. The van der Waals surface area contributed by atoms with E-state index < -0.39 is 0 Å². The van der Waals surface area contributed by atoms with Gasteiger partial charge in [0.05, 0.1) is 0 Å². The largest absolute Gasteiger partial charge is 0.314 e. The van der Waals surface area contributed by atoms with E-state index in [-0.39, 0.29) is 5.82 Å². The van der Waals surface area contributed by atoms with E-state index in [0.29, 0.717) is 17.9 Å². The van der Waals surface area contributed by atoms with E-state index in [0.717, 1.165) is 12.1 Å². The lowest BCUT2D eigenvalue weighted by molar-refractivity contribution is 0.404. The van der Waals surface area contributed by atoms with Crippen LogP contribution >= 0.6 is 0 Å². The van der Waals surface area contributed by atoms with Crippen LogP contribution in [0.3, 0.4) is 0 Å². The molecular formula is C16H24FN. The molecular weight excluding hydrogens is 225 g/mol. The summed E-state index contributed by atoms with van der Waals surface area (Å²) in [6.07, 6.45) is 3.64. The van der Waals surface area contributed by atoms with Gasteiger partial charge < -0.3 is 5.32 Å². The maximum atomic E-state index is 13.3. The van der Waals surface area contributed by atoms with E-state index in [9.17, 15) is 4.39 Å². The third kappa shape index (κ3) is 2.74. The first-order valence-electron chi connectivity index (χ1n) is 7.13. The highest BCUT2D eigenvalue weighted by atomic mass is 19.1. The average molecular weight is 249 g/mol. The lowest BCUT2D eigenvalue weighted by Crippen LogP contribution is -2.32. The Labute approximate surface area is 110 Å². The van der Waals surface area contributed by atoms with Gasteiger partial charge in [-0.05, 0) is 61.8 Å². The summed E-state index contributed by atoms with van der Waals surface area (Å²) in [5, 5.41) is 3.63. The molecule has 3 unspecified atom stereocenters. The zero-order valence-electron chi connectivity index (χ0n) is 11.7. The minimum Gasteiger partial charge on any atom is -0.314 e. The van der Waals surface area contributed by atoms with Gasteiger partial charge in [-0.3, -0.25) is 0 Å². The number of nitrogens with one attached hydrogen (secondary N) is 1. The minimum atomic E-state index is -0.0925. The third-order valence-electron chi connectivity index (χ3n) is 4.32. The van der Waals surface area contributed by atoms with Gasteiger partial charge in [-0.1, -0.05) is 26.0 Å². The summed E-state index contributed by atoms with van der Waals surface area (Å²) < 4.78 is 13.3. The summed E-state index contributed by atoms with van der Waals surface area (Å²) in [7, 11) is 0. The van der Waals surface area contributed by atoms with Crippen LogP contribution in [0.2, 0.25) is 0 Å². The molecule has 1 saturated carbocycles. The number of aryl methyl sites for hydroxylation is 1. The first-order chi connectivity index (χ1) is 8.63. The van der Waals surface area contributed by atoms with Crippen molar-refractivity contribution >= 4 is 0 Å². The molecule has 100 valence electrons. The second-order valence-corrected chi connectivity index (χ2v) is 5.61. The first kappa shape index (κ1) is 13.5. The van der Waals surface area contributed by atoms with Crippen LogP contribution < -0.4 is 5.32 Å². The van der Waals surface area contributed by atoms with Crippen molar-refractivity contribution in [3.8, 4) is 0 Å². The second kappa shape index (κ2) is 5.83.